The van der Waals surface area contributed by atoms with Crippen LogP contribution in [0.4, 0.5) is 5.69 Å². The zero-order chi connectivity index (χ0) is 18.1. The number of ether oxygens (including phenoxy) is 1. The summed E-state index contributed by atoms with van der Waals surface area (Å²) in [6.45, 7) is 2.12. The Balaban J connectivity index is 2.01. The number of anilines is 1. The van der Waals surface area contributed by atoms with Crippen LogP contribution in [0.5, 0.6) is 0 Å². The van der Waals surface area contributed by atoms with E-state index in [0.29, 0.717) is 17.0 Å². The minimum Gasteiger partial charge on any atom is -0.467 e. The third-order valence-corrected chi connectivity index (χ3v) is 3.13. The highest BCUT2D eigenvalue weighted by Gasteiger charge is 2.10. The molecule has 128 valence electrons. The Morgan fingerprint density at radius 3 is 2.84 bits per heavy atom. The van der Waals surface area contributed by atoms with E-state index in [1.54, 1.807) is 49.4 Å². The second-order valence-electron chi connectivity index (χ2n) is 4.88. The molecule has 0 radical (unpaired) electrons. The quantitative estimate of drug-likeness (QED) is 0.456. The molecule has 0 saturated carbocycles. The van der Waals surface area contributed by atoms with Crippen molar-refractivity contribution in [3.8, 4) is 6.07 Å². The van der Waals surface area contributed by atoms with E-state index >= 15 is 0 Å². The number of nitrogens with zero attached hydrogens (tertiary/aromatic N) is 1. The summed E-state index contributed by atoms with van der Waals surface area (Å²) in [6.07, 6.45) is 2.78. The van der Waals surface area contributed by atoms with Crippen molar-refractivity contribution in [2.24, 2.45) is 0 Å². The molecule has 0 unspecified atom stereocenters. The van der Waals surface area contributed by atoms with Gasteiger partial charge in [-0.3, -0.25) is 4.79 Å². The third kappa shape index (κ3) is 5.25. The number of carbonyl (C=O) groups is 2. The lowest BCUT2D eigenvalue weighted by Crippen LogP contribution is -2.22. The Morgan fingerprint density at radius 2 is 2.16 bits per heavy atom. The average Bonchev–Trinajstić information content (AvgIpc) is 3.14. The number of rotatable bonds is 7. The van der Waals surface area contributed by atoms with E-state index in [0.717, 1.165) is 0 Å². The highest BCUT2D eigenvalue weighted by Crippen LogP contribution is 2.12. The fourth-order valence-electron chi connectivity index (χ4n) is 1.93. The maximum atomic E-state index is 12.2. The van der Waals surface area contributed by atoms with Gasteiger partial charge in [0, 0.05) is 17.5 Å². The van der Waals surface area contributed by atoms with Crippen molar-refractivity contribution in [3.05, 3.63) is 65.8 Å². The van der Waals surface area contributed by atoms with Gasteiger partial charge >= 0.3 is 5.97 Å². The van der Waals surface area contributed by atoms with Crippen molar-refractivity contribution in [1.29, 1.82) is 5.26 Å². The van der Waals surface area contributed by atoms with Crippen molar-refractivity contribution < 1.29 is 18.7 Å². The Kier molecular flexibility index (Phi) is 6.37. The first kappa shape index (κ1) is 17.8. The molecule has 0 aliphatic rings. The summed E-state index contributed by atoms with van der Waals surface area (Å²) in [5.41, 5.74) is 0.830. The fraction of sp³-hybridized carbons (Fsp3) is 0.167. The predicted octanol–water partition coefficient (Wildman–Crippen LogP) is 2.59. The highest BCUT2D eigenvalue weighted by molar-refractivity contribution is 5.95. The molecule has 1 aromatic heterocycles. The van der Waals surface area contributed by atoms with Crippen LogP contribution in [0.15, 0.2) is 58.9 Å². The zero-order valence-corrected chi connectivity index (χ0v) is 13.6. The van der Waals surface area contributed by atoms with Gasteiger partial charge in [-0.15, -0.1) is 0 Å². The molecule has 0 bridgehead atoms. The second kappa shape index (κ2) is 8.93. The molecule has 0 fully saturated rings. The summed E-state index contributed by atoms with van der Waals surface area (Å²) in [6, 6.07) is 11.9. The van der Waals surface area contributed by atoms with Gasteiger partial charge in [0.25, 0.3) is 5.91 Å². The Hall–Kier alpha value is -3.53. The van der Waals surface area contributed by atoms with Gasteiger partial charge in [-0.25, -0.2) is 4.79 Å². The van der Waals surface area contributed by atoms with Gasteiger partial charge in [-0.1, -0.05) is 6.07 Å². The van der Waals surface area contributed by atoms with Crippen molar-refractivity contribution in [2.45, 2.75) is 13.5 Å². The zero-order valence-electron chi connectivity index (χ0n) is 13.6. The molecule has 0 aliphatic heterocycles. The summed E-state index contributed by atoms with van der Waals surface area (Å²) in [5, 5.41) is 14.5. The van der Waals surface area contributed by atoms with E-state index in [1.807, 2.05) is 0 Å². The highest BCUT2D eigenvalue weighted by atomic mass is 16.5. The van der Waals surface area contributed by atoms with Crippen molar-refractivity contribution in [1.82, 2.24) is 5.32 Å². The number of hydrogen-bond acceptors (Lipinski definition) is 6. The van der Waals surface area contributed by atoms with Crippen molar-refractivity contribution >= 4 is 17.6 Å². The molecule has 0 aliphatic carbocycles. The van der Waals surface area contributed by atoms with Gasteiger partial charge in [0.15, 0.2) is 5.57 Å². The molecular formula is C18H17N3O4. The van der Waals surface area contributed by atoms with Crippen LogP contribution >= 0.6 is 0 Å². The molecule has 25 heavy (non-hydrogen) atoms. The van der Waals surface area contributed by atoms with Crippen LogP contribution in [0.3, 0.4) is 0 Å². The third-order valence-electron chi connectivity index (χ3n) is 3.13. The normalized spacial score (nSPS) is 10.6. The number of benzene rings is 1. The topological polar surface area (TPSA) is 104 Å². The van der Waals surface area contributed by atoms with E-state index in [1.165, 1.54) is 12.5 Å². The average molecular weight is 339 g/mol. The Morgan fingerprint density at radius 1 is 1.32 bits per heavy atom. The molecule has 7 heteroatoms. The van der Waals surface area contributed by atoms with Crippen LogP contribution in [-0.2, 0) is 16.1 Å². The molecule has 0 atom stereocenters. The number of esters is 1. The van der Waals surface area contributed by atoms with Crippen LogP contribution in [0.1, 0.15) is 23.0 Å². The summed E-state index contributed by atoms with van der Waals surface area (Å²) in [4.78, 5) is 23.7. The van der Waals surface area contributed by atoms with Gasteiger partial charge in [0.1, 0.15) is 11.8 Å². The molecule has 2 aromatic rings. The first-order valence-electron chi connectivity index (χ1n) is 7.58. The molecule has 1 amide bonds. The summed E-state index contributed by atoms with van der Waals surface area (Å²) < 4.78 is 9.92. The lowest BCUT2D eigenvalue weighted by molar-refractivity contribution is -0.138. The standard InChI is InChI=1S/C18H17N3O4/c1-2-24-18(23)14(10-19)11-20-15-6-3-5-13(9-15)17(22)21-12-16-7-4-8-25-16/h3-9,11,20H,2,12H2,1H3,(H,21,22)/b14-11+. The van der Waals surface area contributed by atoms with E-state index in [4.69, 9.17) is 14.4 Å². The fourth-order valence-corrected chi connectivity index (χ4v) is 1.93. The monoisotopic (exact) mass is 339 g/mol. The molecule has 7 nitrogen and oxygen atoms in total. The lowest BCUT2D eigenvalue weighted by Gasteiger charge is -2.06. The van der Waals surface area contributed by atoms with E-state index in [9.17, 15) is 9.59 Å². The molecule has 1 aromatic carbocycles. The van der Waals surface area contributed by atoms with E-state index in [2.05, 4.69) is 10.6 Å². The van der Waals surface area contributed by atoms with Crippen LogP contribution in [0.25, 0.3) is 0 Å². The van der Waals surface area contributed by atoms with Crippen LogP contribution in [-0.4, -0.2) is 18.5 Å². The van der Waals surface area contributed by atoms with Crippen LogP contribution < -0.4 is 10.6 Å². The molecule has 0 saturated heterocycles. The molecule has 1 heterocycles. The number of amides is 1. The maximum absolute atomic E-state index is 12.2. The lowest BCUT2D eigenvalue weighted by atomic mass is 10.2. The number of carbonyl (C=O) groups excluding carboxylic acids is 2. The van der Waals surface area contributed by atoms with Crippen molar-refractivity contribution in [2.75, 3.05) is 11.9 Å². The smallest absolute Gasteiger partial charge is 0.350 e. The van der Waals surface area contributed by atoms with Gasteiger partial charge in [0.05, 0.1) is 19.4 Å². The molecular weight excluding hydrogens is 322 g/mol. The number of nitriles is 1. The minimum absolute atomic E-state index is 0.158. The SMILES string of the molecule is CCOC(=O)/C(C#N)=C/Nc1cccc(C(=O)NCc2ccco2)c1. The number of hydrogen-bond donors (Lipinski definition) is 2. The van der Waals surface area contributed by atoms with Gasteiger partial charge in [-0.05, 0) is 37.3 Å². The van der Waals surface area contributed by atoms with E-state index in [-0.39, 0.29) is 24.6 Å². The summed E-state index contributed by atoms with van der Waals surface area (Å²) in [5.74, 6) is -0.321. The second-order valence-corrected chi connectivity index (χ2v) is 4.88. The number of nitrogens with one attached hydrogen (secondary N) is 2. The summed E-state index contributed by atoms with van der Waals surface area (Å²) in [7, 11) is 0. The first-order chi connectivity index (χ1) is 12.1. The molecule has 0 spiro atoms. The summed E-state index contributed by atoms with van der Waals surface area (Å²) >= 11 is 0. The van der Waals surface area contributed by atoms with E-state index < -0.39 is 5.97 Å². The Bertz CT molecular complexity index is 804. The van der Waals surface area contributed by atoms with Crippen LogP contribution in [0, 0.1) is 11.3 Å². The molecule has 2 N–H and O–H groups in total. The van der Waals surface area contributed by atoms with Gasteiger partial charge < -0.3 is 19.8 Å². The number of furan rings is 1. The largest absolute Gasteiger partial charge is 0.467 e. The van der Waals surface area contributed by atoms with Gasteiger partial charge in [0.2, 0.25) is 0 Å². The van der Waals surface area contributed by atoms with Gasteiger partial charge in [-0.2, -0.15) is 5.26 Å². The van der Waals surface area contributed by atoms with Crippen molar-refractivity contribution in [3.63, 3.8) is 0 Å². The minimum atomic E-state index is -0.704. The molecule has 2 rings (SSSR count). The predicted molar refractivity (Wildman–Crippen MR) is 90.3 cm³/mol. The Labute approximate surface area is 144 Å². The van der Waals surface area contributed by atoms with Crippen LogP contribution in [0.2, 0.25) is 0 Å². The maximum Gasteiger partial charge on any atom is 0.350 e. The first-order valence-corrected chi connectivity index (χ1v) is 7.58.